The molecule has 0 saturated carbocycles. The Hall–Kier alpha value is -0.900. The molecular weight excluding hydrogens is 234 g/mol. The molecule has 3 nitrogen and oxygen atoms in total. The summed E-state index contributed by atoms with van der Waals surface area (Å²) in [6.45, 7) is 4.63. The maximum absolute atomic E-state index is 6.26. The van der Waals surface area contributed by atoms with Gasteiger partial charge in [0.2, 0.25) is 0 Å². The van der Waals surface area contributed by atoms with Gasteiger partial charge in [-0.3, -0.25) is 0 Å². The Kier molecular flexibility index (Phi) is 5.37. The molecular formula is C16H27N3. The highest BCUT2D eigenvalue weighted by atomic mass is 15.2. The summed E-state index contributed by atoms with van der Waals surface area (Å²) in [5.74, 6) is 0.818. The first-order valence-corrected chi connectivity index (χ1v) is 7.30. The minimum absolute atomic E-state index is 0.228. The van der Waals surface area contributed by atoms with Crippen molar-refractivity contribution in [3.8, 4) is 0 Å². The van der Waals surface area contributed by atoms with E-state index in [1.807, 2.05) is 0 Å². The van der Waals surface area contributed by atoms with Crippen LogP contribution in [-0.2, 0) is 6.42 Å². The summed E-state index contributed by atoms with van der Waals surface area (Å²) >= 11 is 0. The van der Waals surface area contributed by atoms with Crippen LogP contribution >= 0.6 is 0 Å². The Morgan fingerprint density at radius 1 is 1.37 bits per heavy atom. The van der Waals surface area contributed by atoms with Crippen molar-refractivity contribution in [1.82, 2.24) is 9.80 Å². The van der Waals surface area contributed by atoms with Crippen LogP contribution in [0.4, 0.5) is 0 Å². The van der Waals surface area contributed by atoms with Gasteiger partial charge in [-0.2, -0.15) is 0 Å². The average molecular weight is 261 g/mol. The molecule has 2 N–H and O–H groups in total. The molecule has 1 aliphatic heterocycles. The van der Waals surface area contributed by atoms with Crippen LogP contribution < -0.4 is 5.73 Å². The highest BCUT2D eigenvalue weighted by Gasteiger charge is 2.21. The molecule has 3 heteroatoms. The van der Waals surface area contributed by atoms with Crippen molar-refractivity contribution in [2.45, 2.75) is 18.9 Å². The quantitative estimate of drug-likeness (QED) is 0.841. The molecule has 0 radical (unpaired) electrons. The molecule has 0 bridgehead atoms. The van der Waals surface area contributed by atoms with E-state index in [0.29, 0.717) is 0 Å². The molecule has 2 atom stereocenters. The number of hydrogen-bond acceptors (Lipinski definition) is 3. The molecule has 1 aliphatic rings. The Bertz CT molecular complexity index is 366. The van der Waals surface area contributed by atoms with Gasteiger partial charge in [0.15, 0.2) is 0 Å². The molecule has 1 aromatic rings. The third-order valence-electron chi connectivity index (χ3n) is 3.95. The van der Waals surface area contributed by atoms with E-state index in [1.165, 1.54) is 31.6 Å². The van der Waals surface area contributed by atoms with Gasteiger partial charge in [-0.15, -0.1) is 0 Å². The van der Waals surface area contributed by atoms with E-state index in [4.69, 9.17) is 5.73 Å². The summed E-state index contributed by atoms with van der Waals surface area (Å²) in [6.07, 6.45) is 2.30. The Morgan fingerprint density at radius 2 is 2.11 bits per heavy atom. The molecule has 0 spiro atoms. The summed E-state index contributed by atoms with van der Waals surface area (Å²) < 4.78 is 0. The summed E-state index contributed by atoms with van der Waals surface area (Å²) in [5.41, 5.74) is 7.59. The third kappa shape index (κ3) is 4.94. The van der Waals surface area contributed by atoms with E-state index in [9.17, 15) is 0 Å². The fourth-order valence-electron chi connectivity index (χ4n) is 3.07. The lowest BCUT2D eigenvalue weighted by molar-refractivity contribution is 0.259. The van der Waals surface area contributed by atoms with Crippen molar-refractivity contribution in [1.29, 1.82) is 0 Å². The number of likely N-dealkylation sites (tertiary alicyclic amines) is 1. The standard InChI is InChI=1S/C16H27N3/c1-18-9-8-15(11-18)12-19(2)13-16(17)10-14-6-4-3-5-7-14/h3-7,15-16H,8-13,17H2,1-2H3. The van der Waals surface area contributed by atoms with Gasteiger partial charge in [-0.05, 0) is 45.0 Å². The van der Waals surface area contributed by atoms with Gasteiger partial charge in [-0.25, -0.2) is 0 Å². The van der Waals surface area contributed by atoms with Crippen molar-refractivity contribution in [2.24, 2.45) is 11.7 Å². The van der Waals surface area contributed by atoms with Gasteiger partial charge in [-0.1, -0.05) is 30.3 Å². The van der Waals surface area contributed by atoms with Crippen molar-refractivity contribution in [2.75, 3.05) is 40.3 Å². The number of nitrogens with zero attached hydrogens (tertiary/aromatic N) is 2. The van der Waals surface area contributed by atoms with Gasteiger partial charge in [0.1, 0.15) is 0 Å². The number of rotatable bonds is 6. The molecule has 0 aromatic heterocycles. The zero-order valence-electron chi connectivity index (χ0n) is 12.3. The third-order valence-corrected chi connectivity index (χ3v) is 3.95. The van der Waals surface area contributed by atoms with Crippen molar-refractivity contribution in [3.63, 3.8) is 0 Å². The first kappa shape index (κ1) is 14.5. The predicted octanol–water partition coefficient (Wildman–Crippen LogP) is 1.44. The van der Waals surface area contributed by atoms with Crippen LogP contribution in [0.5, 0.6) is 0 Å². The highest BCUT2D eigenvalue weighted by molar-refractivity contribution is 5.15. The van der Waals surface area contributed by atoms with E-state index >= 15 is 0 Å². The molecule has 19 heavy (non-hydrogen) atoms. The number of benzene rings is 1. The van der Waals surface area contributed by atoms with Crippen molar-refractivity contribution >= 4 is 0 Å². The molecule has 1 fully saturated rings. The summed E-state index contributed by atoms with van der Waals surface area (Å²) in [6, 6.07) is 10.8. The average Bonchev–Trinajstić information content (AvgIpc) is 2.75. The van der Waals surface area contributed by atoms with Crippen LogP contribution in [0.15, 0.2) is 30.3 Å². The SMILES string of the molecule is CN1CCC(CN(C)CC(N)Cc2ccccc2)C1. The lowest BCUT2D eigenvalue weighted by Gasteiger charge is -2.24. The molecule has 106 valence electrons. The smallest absolute Gasteiger partial charge is 0.0208 e. The molecule has 1 saturated heterocycles. The van der Waals surface area contributed by atoms with Gasteiger partial charge in [0.05, 0.1) is 0 Å². The Morgan fingerprint density at radius 3 is 2.74 bits per heavy atom. The fourth-order valence-corrected chi connectivity index (χ4v) is 3.07. The summed E-state index contributed by atoms with van der Waals surface area (Å²) in [7, 11) is 4.41. The van der Waals surface area contributed by atoms with Crippen LogP contribution in [0.2, 0.25) is 0 Å². The maximum atomic E-state index is 6.26. The monoisotopic (exact) mass is 261 g/mol. The molecule has 2 rings (SSSR count). The van der Waals surface area contributed by atoms with E-state index in [0.717, 1.165) is 18.9 Å². The predicted molar refractivity (Wildman–Crippen MR) is 81.2 cm³/mol. The lowest BCUT2D eigenvalue weighted by Crippen LogP contribution is -2.39. The second-order valence-corrected chi connectivity index (χ2v) is 6.09. The lowest BCUT2D eigenvalue weighted by atomic mass is 10.1. The Labute approximate surface area is 117 Å². The first-order valence-electron chi connectivity index (χ1n) is 7.30. The zero-order valence-corrected chi connectivity index (χ0v) is 12.3. The number of likely N-dealkylation sites (N-methyl/N-ethyl adjacent to an activating group) is 1. The van der Waals surface area contributed by atoms with Gasteiger partial charge < -0.3 is 15.5 Å². The summed E-state index contributed by atoms with van der Waals surface area (Å²) in [4.78, 5) is 4.82. The fraction of sp³-hybridized carbons (Fsp3) is 0.625. The second-order valence-electron chi connectivity index (χ2n) is 6.09. The number of nitrogens with two attached hydrogens (primary N) is 1. The van der Waals surface area contributed by atoms with Crippen molar-refractivity contribution < 1.29 is 0 Å². The van der Waals surface area contributed by atoms with Crippen molar-refractivity contribution in [3.05, 3.63) is 35.9 Å². The molecule has 1 heterocycles. The van der Waals surface area contributed by atoms with E-state index in [1.54, 1.807) is 0 Å². The van der Waals surface area contributed by atoms with E-state index in [2.05, 4.69) is 54.2 Å². The van der Waals surface area contributed by atoms with Crippen LogP contribution in [0, 0.1) is 5.92 Å². The normalized spacial score (nSPS) is 22.0. The molecule has 2 unspecified atom stereocenters. The van der Waals surface area contributed by atoms with Crippen LogP contribution in [0.25, 0.3) is 0 Å². The van der Waals surface area contributed by atoms with Gasteiger partial charge >= 0.3 is 0 Å². The van der Waals surface area contributed by atoms with Crippen LogP contribution in [0.1, 0.15) is 12.0 Å². The minimum atomic E-state index is 0.228. The highest BCUT2D eigenvalue weighted by Crippen LogP contribution is 2.15. The summed E-state index contributed by atoms with van der Waals surface area (Å²) in [5, 5.41) is 0. The van der Waals surface area contributed by atoms with Gasteiger partial charge in [0.25, 0.3) is 0 Å². The number of hydrogen-bond donors (Lipinski definition) is 1. The second kappa shape index (κ2) is 7.04. The topological polar surface area (TPSA) is 32.5 Å². The minimum Gasteiger partial charge on any atom is -0.326 e. The maximum Gasteiger partial charge on any atom is 0.0208 e. The van der Waals surface area contributed by atoms with E-state index < -0.39 is 0 Å². The first-order chi connectivity index (χ1) is 9.13. The van der Waals surface area contributed by atoms with Crippen LogP contribution in [-0.4, -0.2) is 56.1 Å². The zero-order chi connectivity index (χ0) is 13.7. The molecule has 0 aliphatic carbocycles. The van der Waals surface area contributed by atoms with Crippen LogP contribution in [0.3, 0.4) is 0 Å². The Balaban J connectivity index is 1.71. The van der Waals surface area contributed by atoms with Gasteiger partial charge in [0, 0.05) is 25.7 Å². The molecule has 0 amide bonds. The molecule has 1 aromatic carbocycles. The largest absolute Gasteiger partial charge is 0.326 e. The van der Waals surface area contributed by atoms with E-state index in [-0.39, 0.29) is 6.04 Å².